The van der Waals surface area contributed by atoms with Crippen LogP contribution in [-0.2, 0) is 6.54 Å². The molecule has 68 valence electrons. The maximum absolute atomic E-state index is 6.07. The van der Waals surface area contributed by atoms with Crippen LogP contribution in [-0.4, -0.2) is 9.97 Å². The highest BCUT2D eigenvalue weighted by molar-refractivity contribution is 14.1. The van der Waals surface area contributed by atoms with Crippen LogP contribution in [0.3, 0.4) is 0 Å². The van der Waals surface area contributed by atoms with Crippen molar-refractivity contribution in [1.82, 2.24) is 9.97 Å². The van der Waals surface area contributed by atoms with E-state index in [1.165, 1.54) is 0 Å². The molecule has 0 amide bonds. The van der Waals surface area contributed by atoms with E-state index < -0.39 is 0 Å². The van der Waals surface area contributed by atoms with Crippen molar-refractivity contribution in [3.8, 4) is 0 Å². The Morgan fingerprint density at radius 3 is 3.00 bits per heavy atom. The molecule has 0 aliphatic carbocycles. The Balaban J connectivity index is 2.76. The summed E-state index contributed by atoms with van der Waals surface area (Å²) in [6, 6.07) is 3.90. The van der Waals surface area contributed by atoms with E-state index in [-0.39, 0.29) is 0 Å². The molecule has 5 heteroatoms. The van der Waals surface area contributed by atoms with Gasteiger partial charge in [-0.15, -0.1) is 0 Å². The van der Waals surface area contributed by atoms with E-state index in [9.17, 15) is 0 Å². The molecule has 13 heavy (non-hydrogen) atoms. The molecule has 0 saturated carbocycles. The van der Waals surface area contributed by atoms with Gasteiger partial charge in [-0.2, -0.15) is 0 Å². The summed E-state index contributed by atoms with van der Waals surface area (Å²) >= 11 is 8.24. The summed E-state index contributed by atoms with van der Waals surface area (Å²) in [6.07, 6.45) is 0. The van der Waals surface area contributed by atoms with Crippen LogP contribution in [0.4, 0.5) is 0 Å². The smallest absolute Gasteiger partial charge is 0.121 e. The average molecular weight is 308 g/mol. The van der Waals surface area contributed by atoms with Gasteiger partial charge < -0.3 is 10.7 Å². The standard InChI is InChI=1S/C8H7ClIN3/c9-7-4(10)1-2-5-8(7)13-6(3-11)12-5/h1-2H,3,11H2,(H,12,13). The molecule has 1 heterocycles. The van der Waals surface area contributed by atoms with Gasteiger partial charge >= 0.3 is 0 Å². The second kappa shape index (κ2) is 3.43. The minimum Gasteiger partial charge on any atom is -0.341 e. The van der Waals surface area contributed by atoms with Gasteiger partial charge in [-0.05, 0) is 34.7 Å². The third-order valence-corrected chi connectivity index (χ3v) is 3.39. The van der Waals surface area contributed by atoms with Gasteiger partial charge in [0.15, 0.2) is 0 Å². The first-order valence-corrected chi connectivity index (χ1v) is 5.20. The lowest BCUT2D eigenvalue weighted by Crippen LogP contribution is -1.97. The fraction of sp³-hybridized carbons (Fsp3) is 0.125. The Bertz CT molecular complexity index is 452. The highest BCUT2D eigenvalue weighted by Gasteiger charge is 2.07. The van der Waals surface area contributed by atoms with E-state index >= 15 is 0 Å². The number of benzene rings is 1. The lowest BCUT2D eigenvalue weighted by Gasteiger charge is -1.94. The number of fused-ring (bicyclic) bond motifs is 1. The van der Waals surface area contributed by atoms with E-state index in [2.05, 4.69) is 32.6 Å². The quantitative estimate of drug-likeness (QED) is 0.794. The summed E-state index contributed by atoms with van der Waals surface area (Å²) in [7, 11) is 0. The van der Waals surface area contributed by atoms with Crippen molar-refractivity contribution in [2.75, 3.05) is 0 Å². The molecule has 0 spiro atoms. The van der Waals surface area contributed by atoms with E-state index in [0.717, 1.165) is 20.4 Å². The Hall–Kier alpha value is -0.330. The summed E-state index contributed by atoms with van der Waals surface area (Å²) in [5.74, 6) is 0.763. The number of rotatable bonds is 1. The molecule has 2 aromatic rings. The lowest BCUT2D eigenvalue weighted by molar-refractivity contribution is 0.958. The number of aromatic nitrogens is 2. The molecule has 3 nitrogen and oxygen atoms in total. The second-order valence-corrected chi connectivity index (χ2v) is 4.19. The monoisotopic (exact) mass is 307 g/mol. The van der Waals surface area contributed by atoms with Crippen LogP contribution in [0.1, 0.15) is 5.82 Å². The Morgan fingerprint density at radius 2 is 2.31 bits per heavy atom. The summed E-state index contributed by atoms with van der Waals surface area (Å²) in [5, 5.41) is 0.689. The number of nitrogens with zero attached hydrogens (tertiary/aromatic N) is 1. The van der Waals surface area contributed by atoms with Crippen LogP contribution < -0.4 is 5.73 Å². The van der Waals surface area contributed by atoms with Crippen molar-refractivity contribution in [3.05, 3.63) is 26.5 Å². The molecule has 0 aliphatic rings. The number of hydrogen-bond acceptors (Lipinski definition) is 2. The van der Waals surface area contributed by atoms with E-state index in [1.807, 2.05) is 12.1 Å². The largest absolute Gasteiger partial charge is 0.341 e. The zero-order chi connectivity index (χ0) is 9.42. The van der Waals surface area contributed by atoms with E-state index in [0.29, 0.717) is 11.6 Å². The minimum absolute atomic E-state index is 0.404. The molecule has 0 unspecified atom stereocenters. The first-order valence-electron chi connectivity index (χ1n) is 3.75. The predicted molar refractivity (Wildman–Crippen MR) is 61.7 cm³/mol. The molecule has 2 rings (SSSR count). The van der Waals surface area contributed by atoms with Gasteiger partial charge in [0.25, 0.3) is 0 Å². The van der Waals surface area contributed by atoms with Crippen LogP contribution in [0.2, 0.25) is 5.02 Å². The van der Waals surface area contributed by atoms with Crippen molar-refractivity contribution in [2.24, 2.45) is 5.73 Å². The molecular formula is C8H7ClIN3. The average Bonchev–Trinajstić information content (AvgIpc) is 2.55. The van der Waals surface area contributed by atoms with E-state index in [4.69, 9.17) is 17.3 Å². The van der Waals surface area contributed by atoms with Crippen LogP contribution >= 0.6 is 34.2 Å². The predicted octanol–water partition coefficient (Wildman–Crippen LogP) is 2.28. The first-order chi connectivity index (χ1) is 6.22. The van der Waals surface area contributed by atoms with Crippen molar-refractivity contribution >= 4 is 45.2 Å². The third kappa shape index (κ3) is 1.53. The molecule has 0 bridgehead atoms. The van der Waals surface area contributed by atoms with Gasteiger partial charge in [-0.25, -0.2) is 4.98 Å². The number of nitrogens with one attached hydrogen (secondary N) is 1. The van der Waals surface area contributed by atoms with Gasteiger partial charge in [0.1, 0.15) is 11.3 Å². The van der Waals surface area contributed by atoms with E-state index in [1.54, 1.807) is 0 Å². The number of imidazole rings is 1. The van der Waals surface area contributed by atoms with Gasteiger partial charge in [0, 0.05) is 3.57 Å². The fourth-order valence-electron chi connectivity index (χ4n) is 1.17. The lowest BCUT2D eigenvalue weighted by atomic mass is 10.3. The van der Waals surface area contributed by atoms with Crippen molar-refractivity contribution in [1.29, 1.82) is 0 Å². The Kier molecular flexibility index (Phi) is 2.44. The number of nitrogens with two attached hydrogens (primary N) is 1. The molecule has 0 radical (unpaired) electrons. The topological polar surface area (TPSA) is 54.7 Å². The van der Waals surface area contributed by atoms with Crippen molar-refractivity contribution in [2.45, 2.75) is 6.54 Å². The number of halogens is 2. The maximum atomic E-state index is 6.07. The second-order valence-electron chi connectivity index (χ2n) is 2.65. The Labute approximate surface area is 93.8 Å². The molecule has 0 atom stereocenters. The summed E-state index contributed by atoms with van der Waals surface area (Å²) in [4.78, 5) is 7.36. The maximum Gasteiger partial charge on any atom is 0.121 e. The molecule has 0 aliphatic heterocycles. The normalized spacial score (nSPS) is 11.0. The van der Waals surface area contributed by atoms with Crippen molar-refractivity contribution < 1.29 is 0 Å². The number of hydrogen-bond donors (Lipinski definition) is 2. The minimum atomic E-state index is 0.404. The fourth-order valence-corrected chi connectivity index (χ4v) is 1.81. The van der Waals surface area contributed by atoms with Crippen LogP contribution in [0.25, 0.3) is 11.0 Å². The van der Waals surface area contributed by atoms with Crippen LogP contribution in [0.5, 0.6) is 0 Å². The molecule has 0 saturated heterocycles. The van der Waals surface area contributed by atoms with Gasteiger partial charge in [0.2, 0.25) is 0 Å². The van der Waals surface area contributed by atoms with Crippen molar-refractivity contribution in [3.63, 3.8) is 0 Å². The zero-order valence-electron chi connectivity index (χ0n) is 6.64. The first kappa shape index (κ1) is 9.23. The third-order valence-electron chi connectivity index (χ3n) is 1.79. The number of aromatic amines is 1. The summed E-state index contributed by atoms with van der Waals surface area (Å²) < 4.78 is 1.00. The SMILES string of the molecule is NCc1nc2c(Cl)c(I)ccc2[nH]1. The van der Waals surface area contributed by atoms with Gasteiger partial charge in [-0.1, -0.05) is 11.6 Å². The number of H-pyrrole nitrogens is 1. The molecule has 1 aromatic heterocycles. The highest BCUT2D eigenvalue weighted by Crippen LogP contribution is 2.26. The van der Waals surface area contributed by atoms with Crippen LogP contribution in [0, 0.1) is 3.57 Å². The summed E-state index contributed by atoms with van der Waals surface area (Å²) in [6.45, 7) is 0.404. The highest BCUT2D eigenvalue weighted by atomic mass is 127. The molecular weight excluding hydrogens is 300 g/mol. The van der Waals surface area contributed by atoms with Crippen LogP contribution in [0.15, 0.2) is 12.1 Å². The van der Waals surface area contributed by atoms with Gasteiger partial charge in [-0.3, -0.25) is 0 Å². The molecule has 3 N–H and O–H groups in total. The molecule has 0 fully saturated rings. The zero-order valence-corrected chi connectivity index (χ0v) is 9.56. The Morgan fingerprint density at radius 1 is 1.54 bits per heavy atom. The molecule has 1 aromatic carbocycles. The summed E-state index contributed by atoms with van der Waals surface area (Å²) in [5.41, 5.74) is 7.20. The van der Waals surface area contributed by atoms with Gasteiger partial charge in [0.05, 0.1) is 17.1 Å².